The summed E-state index contributed by atoms with van der Waals surface area (Å²) >= 11 is 3.02. The average molecular weight is 436 g/mol. The fraction of sp³-hybridized carbons (Fsp3) is 0.0526. The number of aromatic nitrogens is 1. The Labute approximate surface area is 161 Å². The number of carbonyl (C=O) groups excluding carboxylic acids is 1. The van der Waals surface area contributed by atoms with E-state index in [0.29, 0.717) is 5.69 Å². The lowest BCUT2D eigenvalue weighted by Crippen LogP contribution is -2.19. The molecule has 8 heteroatoms. The van der Waals surface area contributed by atoms with Gasteiger partial charge in [0.2, 0.25) is 0 Å². The Morgan fingerprint density at radius 3 is 2.26 bits per heavy atom. The van der Waals surface area contributed by atoms with Crippen LogP contribution in [-0.4, -0.2) is 11.0 Å². The second kappa shape index (κ2) is 7.79. The van der Waals surface area contributed by atoms with Crippen LogP contribution in [0.1, 0.15) is 5.56 Å². The van der Waals surface area contributed by atoms with Gasteiger partial charge in [-0.25, -0.2) is 4.79 Å². The number of nitrogens with one attached hydrogen (secondary N) is 2. The zero-order valence-electron chi connectivity index (χ0n) is 13.7. The smallest absolute Gasteiger partial charge is 0.308 e. The predicted octanol–water partition coefficient (Wildman–Crippen LogP) is 6.17. The number of rotatable bonds is 3. The van der Waals surface area contributed by atoms with Crippen LogP contribution in [0.15, 0.2) is 71.5 Å². The van der Waals surface area contributed by atoms with Gasteiger partial charge in [-0.15, -0.1) is 0 Å². The van der Waals surface area contributed by atoms with Gasteiger partial charge in [0.1, 0.15) is 0 Å². The van der Waals surface area contributed by atoms with E-state index in [2.05, 4.69) is 31.5 Å². The first-order valence-corrected chi connectivity index (χ1v) is 8.57. The van der Waals surface area contributed by atoms with Crippen LogP contribution in [0.3, 0.4) is 0 Å². The molecule has 4 nitrogen and oxygen atoms in total. The van der Waals surface area contributed by atoms with Crippen molar-refractivity contribution in [1.29, 1.82) is 0 Å². The van der Waals surface area contributed by atoms with Crippen LogP contribution in [-0.2, 0) is 6.18 Å². The minimum atomic E-state index is -4.50. The number of nitrogens with zero attached hydrogens (tertiary/aromatic N) is 1. The van der Waals surface area contributed by atoms with E-state index >= 15 is 0 Å². The number of pyridine rings is 1. The van der Waals surface area contributed by atoms with E-state index in [1.807, 2.05) is 24.3 Å². The van der Waals surface area contributed by atoms with Gasteiger partial charge in [-0.2, -0.15) is 13.2 Å². The summed E-state index contributed by atoms with van der Waals surface area (Å²) in [4.78, 5) is 16.1. The molecule has 1 aromatic heterocycles. The maximum atomic E-state index is 12.9. The maximum absolute atomic E-state index is 12.9. The minimum absolute atomic E-state index is 0.0289. The zero-order valence-corrected chi connectivity index (χ0v) is 15.3. The van der Waals surface area contributed by atoms with E-state index in [0.717, 1.165) is 23.3 Å². The molecule has 2 aromatic carbocycles. The molecule has 0 aliphatic carbocycles. The molecule has 0 radical (unpaired) electrons. The van der Waals surface area contributed by atoms with Gasteiger partial charge < -0.3 is 10.6 Å². The van der Waals surface area contributed by atoms with Gasteiger partial charge in [-0.1, -0.05) is 34.1 Å². The van der Waals surface area contributed by atoms with Crippen molar-refractivity contribution in [3.05, 3.63) is 77.0 Å². The van der Waals surface area contributed by atoms with Gasteiger partial charge in [0.15, 0.2) is 0 Å². The molecule has 0 spiro atoms. The molecule has 3 rings (SSSR count). The predicted molar refractivity (Wildman–Crippen MR) is 101 cm³/mol. The molecule has 138 valence electrons. The molecule has 0 atom stereocenters. The van der Waals surface area contributed by atoms with Crippen LogP contribution in [0, 0.1) is 0 Å². The van der Waals surface area contributed by atoms with Crippen LogP contribution in [0.5, 0.6) is 0 Å². The van der Waals surface area contributed by atoms with Crippen molar-refractivity contribution < 1.29 is 18.0 Å². The number of benzene rings is 2. The van der Waals surface area contributed by atoms with Crippen molar-refractivity contribution in [3.8, 4) is 11.1 Å². The van der Waals surface area contributed by atoms with E-state index in [1.165, 1.54) is 6.07 Å². The van der Waals surface area contributed by atoms with Gasteiger partial charge >= 0.3 is 12.2 Å². The third kappa shape index (κ3) is 5.07. The van der Waals surface area contributed by atoms with Crippen LogP contribution in [0.4, 0.5) is 29.3 Å². The summed E-state index contributed by atoms with van der Waals surface area (Å²) < 4.78 is 38.8. The second-order valence-electron chi connectivity index (χ2n) is 5.62. The number of hydrogen-bond donors (Lipinski definition) is 2. The first kappa shape index (κ1) is 18.9. The monoisotopic (exact) mass is 435 g/mol. The highest BCUT2D eigenvalue weighted by Crippen LogP contribution is 2.33. The number of hydrogen-bond acceptors (Lipinski definition) is 2. The molecule has 0 aliphatic rings. The molecule has 2 amide bonds. The number of urea groups is 1. The lowest BCUT2D eigenvalue weighted by Gasteiger charge is -2.12. The Morgan fingerprint density at radius 1 is 0.926 bits per heavy atom. The van der Waals surface area contributed by atoms with Gasteiger partial charge in [-0.3, -0.25) is 4.98 Å². The number of amides is 2. The van der Waals surface area contributed by atoms with Crippen molar-refractivity contribution in [2.75, 3.05) is 10.6 Å². The molecule has 0 aliphatic heterocycles. The summed E-state index contributed by atoms with van der Waals surface area (Å²) in [6, 6.07) is 13.3. The summed E-state index contributed by atoms with van der Waals surface area (Å²) in [5.74, 6) is 0. The molecule has 0 fully saturated rings. The molecule has 27 heavy (non-hydrogen) atoms. The van der Waals surface area contributed by atoms with Crippen molar-refractivity contribution in [2.45, 2.75) is 6.18 Å². The zero-order chi connectivity index (χ0) is 19.4. The number of carbonyl (C=O) groups is 1. The van der Waals surface area contributed by atoms with Crippen molar-refractivity contribution >= 4 is 33.3 Å². The Balaban J connectivity index is 1.69. The second-order valence-corrected chi connectivity index (χ2v) is 6.54. The maximum Gasteiger partial charge on any atom is 0.416 e. The van der Waals surface area contributed by atoms with Crippen LogP contribution in [0.2, 0.25) is 0 Å². The van der Waals surface area contributed by atoms with Gasteiger partial charge in [-0.05, 0) is 47.5 Å². The normalized spacial score (nSPS) is 11.1. The summed E-state index contributed by atoms with van der Waals surface area (Å²) in [6.45, 7) is 0. The Hall–Kier alpha value is -2.87. The average Bonchev–Trinajstić information content (AvgIpc) is 2.62. The summed E-state index contributed by atoms with van der Waals surface area (Å²) in [5.41, 5.74) is 1.54. The fourth-order valence-electron chi connectivity index (χ4n) is 2.40. The van der Waals surface area contributed by atoms with E-state index < -0.39 is 17.8 Å². The number of alkyl halides is 3. The number of halogens is 4. The van der Waals surface area contributed by atoms with Crippen molar-refractivity contribution in [3.63, 3.8) is 0 Å². The van der Waals surface area contributed by atoms with E-state index in [1.54, 1.807) is 24.5 Å². The molecule has 0 saturated carbocycles. The quantitative estimate of drug-likeness (QED) is 0.516. The van der Waals surface area contributed by atoms with Crippen LogP contribution < -0.4 is 10.6 Å². The third-order valence-electron chi connectivity index (χ3n) is 3.62. The highest BCUT2D eigenvalue weighted by molar-refractivity contribution is 9.10. The van der Waals surface area contributed by atoms with Crippen LogP contribution >= 0.6 is 15.9 Å². The molecule has 0 saturated heterocycles. The Morgan fingerprint density at radius 2 is 1.63 bits per heavy atom. The minimum Gasteiger partial charge on any atom is -0.308 e. The van der Waals surface area contributed by atoms with E-state index in [9.17, 15) is 18.0 Å². The molecule has 2 N–H and O–H groups in total. The largest absolute Gasteiger partial charge is 0.416 e. The van der Waals surface area contributed by atoms with E-state index in [-0.39, 0.29) is 10.2 Å². The Kier molecular flexibility index (Phi) is 5.46. The van der Waals surface area contributed by atoms with Gasteiger partial charge in [0.25, 0.3) is 0 Å². The molecule has 3 aromatic rings. The van der Waals surface area contributed by atoms with E-state index in [4.69, 9.17) is 0 Å². The Bertz CT molecular complexity index is 945. The molecular formula is C19H13BrF3N3O. The number of anilines is 2. The SMILES string of the molecule is O=C(Nc1ccc(-c2cccnc2)cc1)Nc1cc(Br)cc(C(F)(F)F)c1. The highest BCUT2D eigenvalue weighted by Gasteiger charge is 2.31. The molecule has 0 bridgehead atoms. The van der Waals surface area contributed by atoms with Gasteiger partial charge in [0, 0.05) is 28.2 Å². The molecular weight excluding hydrogens is 423 g/mol. The van der Waals surface area contributed by atoms with Crippen molar-refractivity contribution in [2.24, 2.45) is 0 Å². The summed E-state index contributed by atoms with van der Waals surface area (Å²) in [6.07, 6.45) is -1.10. The lowest BCUT2D eigenvalue weighted by atomic mass is 10.1. The first-order valence-electron chi connectivity index (χ1n) is 7.77. The standard InChI is InChI=1S/C19H13BrF3N3O/c20-15-8-14(19(21,22)23)9-17(10-15)26-18(27)25-16-5-3-12(4-6-16)13-2-1-7-24-11-13/h1-11H,(H2,25,26,27). The van der Waals surface area contributed by atoms with Gasteiger partial charge in [0.05, 0.1) is 5.56 Å². The fourth-order valence-corrected chi connectivity index (χ4v) is 2.89. The highest BCUT2D eigenvalue weighted by atomic mass is 79.9. The third-order valence-corrected chi connectivity index (χ3v) is 4.08. The lowest BCUT2D eigenvalue weighted by molar-refractivity contribution is -0.137. The molecule has 1 heterocycles. The van der Waals surface area contributed by atoms with Crippen LogP contribution in [0.25, 0.3) is 11.1 Å². The summed E-state index contributed by atoms with van der Waals surface area (Å²) in [7, 11) is 0. The molecule has 0 unspecified atom stereocenters. The summed E-state index contributed by atoms with van der Waals surface area (Å²) in [5, 5.41) is 4.98. The first-order chi connectivity index (χ1) is 12.8. The topological polar surface area (TPSA) is 54.0 Å². The van der Waals surface area contributed by atoms with Crippen molar-refractivity contribution in [1.82, 2.24) is 4.98 Å².